The van der Waals surface area contributed by atoms with Crippen molar-refractivity contribution in [2.45, 2.75) is 5.54 Å². The van der Waals surface area contributed by atoms with E-state index < -0.39 is 15.8 Å². The SMILES string of the molecule is CN1C(=O)C(c2cccc(Br)c2)(c2cccc(OS(=O)(=O)N3CCOCC3)c2)N=C1N. The van der Waals surface area contributed by atoms with Crippen molar-refractivity contribution < 1.29 is 22.1 Å². The topological polar surface area (TPSA) is 115 Å². The molecule has 0 aliphatic carbocycles. The van der Waals surface area contributed by atoms with Gasteiger partial charge in [-0.2, -0.15) is 12.7 Å². The van der Waals surface area contributed by atoms with Gasteiger partial charge in [-0.1, -0.05) is 40.2 Å². The van der Waals surface area contributed by atoms with Crippen LogP contribution in [-0.2, 0) is 25.4 Å². The summed E-state index contributed by atoms with van der Waals surface area (Å²) >= 11 is 3.43. The van der Waals surface area contributed by atoms with Crippen LogP contribution in [0.3, 0.4) is 0 Å². The number of carbonyl (C=O) groups excluding carboxylic acids is 1. The van der Waals surface area contributed by atoms with Crippen LogP contribution in [-0.4, -0.2) is 62.8 Å². The Hall–Kier alpha value is -2.47. The first-order valence-electron chi connectivity index (χ1n) is 9.51. The summed E-state index contributed by atoms with van der Waals surface area (Å²) in [4.78, 5) is 19.1. The molecule has 2 N–H and O–H groups in total. The van der Waals surface area contributed by atoms with Gasteiger partial charge in [-0.3, -0.25) is 9.69 Å². The normalized spacial score (nSPS) is 22.5. The third kappa shape index (κ3) is 3.93. The monoisotopic (exact) mass is 508 g/mol. The second-order valence-corrected chi connectivity index (χ2v) is 9.59. The van der Waals surface area contributed by atoms with Gasteiger partial charge in [0, 0.05) is 24.6 Å². The van der Waals surface area contributed by atoms with Gasteiger partial charge in [0.25, 0.3) is 5.91 Å². The number of nitrogens with two attached hydrogens (primary N) is 1. The van der Waals surface area contributed by atoms with Crippen LogP contribution >= 0.6 is 15.9 Å². The molecule has 2 aromatic rings. The van der Waals surface area contributed by atoms with E-state index in [-0.39, 0.29) is 30.7 Å². The molecule has 0 aromatic heterocycles. The average Bonchev–Trinajstić information content (AvgIpc) is 2.99. The molecule has 2 aromatic carbocycles. The van der Waals surface area contributed by atoms with Crippen molar-refractivity contribution in [3.05, 3.63) is 64.1 Å². The lowest BCUT2D eigenvalue weighted by molar-refractivity contribution is -0.129. The van der Waals surface area contributed by atoms with Crippen LogP contribution in [0.1, 0.15) is 11.1 Å². The van der Waals surface area contributed by atoms with Gasteiger partial charge in [-0.25, -0.2) is 4.99 Å². The number of benzene rings is 2. The Bertz CT molecular complexity index is 1150. The number of aliphatic imine (C=N–C) groups is 1. The molecule has 0 bridgehead atoms. The van der Waals surface area contributed by atoms with E-state index in [1.807, 2.05) is 6.07 Å². The largest absolute Gasteiger partial charge is 0.385 e. The lowest BCUT2D eigenvalue weighted by atomic mass is 9.83. The number of hydrogen-bond donors (Lipinski definition) is 1. The zero-order valence-electron chi connectivity index (χ0n) is 16.7. The van der Waals surface area contributed by atoms with Crippen LogP contribution in [0.5, 0.6) is 5.75 Å². The summed E-state index contributed by atoms with van der Waals surface area (Å²) in [5.74, 6) is -0.206. The van der Waals surface area contributed by atoms with E-state index in [1.54, 1.807) is 37.4 Å². The first kappa shape index (κ1) is 21.8. The molecule has 31 heavy (non-hydrogen) atoms. The summed E-state index contributed by atoms with van der Waals surface area (Å²) in [6, 6.07) is 13.5. The maximum atomic E-state index is 13.3. The Morgan fingerprint density at radius 1 is 1.13 bits per heavy atom. The zero-order chi connectivity index (χ0) is 22.2. The van der Waals surface area contributed by atoms with Crippen molar-refractivity contribution in [3.8, 4) is 5.75 Å². The fourth-order valence-corrected chi connectivity index (χ4v) is 5.06. The number of likely N-dealkylation sites (N-methyl/N-ethyl adjacent to an activating group) is 1. The van der Waals surface area contributed by atoms with Crippen molar-refractivity contribution in [2.75, 3.05) is 33.4 Å². The van der Waals surface area contributed by atoms with Gasteiger partial charge in [0.2, 0.25) is 0 Å². The molecule has 2 heterocycles. The predicted octanol–water partition coefficient (Wildman–Crippen LogP) is 1.44. The molecule has 164 valence electrons. The molecule has 0 saturated carbocycles. The van der Waals surface area contributed by atoms with E-state index in [9.17, 15) is 13.2 Å². The Balaban J connectivity index is 1.77. The Kier molecular flexibility index (Phi) is 5.77. The average molecular weight is 509 g/mol. The molecule has 4 rings (SSSR count). The molecular weight excluding hydrogens is 488 g/mol. The molecule has 9 nitrogen and oxygen atoms in total. The molecule has 1 amide bonds. The van der Waals surface area contributed by atoms with E-state index >= 15 is 0 Å². The Labute approximate surface area is 188 Å². The molecular formula is C20H21BrN4O5S. The zero-order valence-corrected chi connectivity index (χ0v) is 19.1. The van der Waals surface area contributed by atoms with Crippen molar-refractivity contribution in [1.29, 1.82) is 0 Å². The fraction of sp³-hybridized carbons (Fsp3) is 0.300. The lowest BCUT2D eigenvalue weighted by Gasteiger charge is -2.27. The van der Waals surface area contributed by atoms with Crippen molar-refractivity contribution >= 4 is 38.1 Å². The lowest BCUT2D eigenvalue weighted by Crippen LogP contribution is -2.43. The molecule has 2 aliphatic heterocycles. The van der Waals surface area contributed by atoms with Gasteiger partial charge < -0.3 is 14.7 Å². The van der Waals surface area contributed by atoms with Crippen LogP contribution in [0, 0.1) is 0 Å². The number of ether oxygens (including phenoxy) is 1. The van der Waals surface area contributed by atoms with Crippen LogP contribution in [0.2, 0.25) is 0 Å². The molecule has 1 atom stereocenters. The van der Waals surface area contributed by atoms with Gasteiger partial charge in [0.15, 0.2) is 11.5 Å². The third-order valence-corrected chi connectivity index (χ3v) is 7.12. The minimum Gasteiger partial charge on any atom is -0.379 e. The van der Waals surface area contributed by atoms with Crippen molar-refractivity contribution in [3.63, 3.8) is 0 Å². The summed E-state index contributed by atoms with van der Waals surface area (Å²) in [6.45, 7) is 1.05. The van der Waals surface area contributed by atoms with Crippen LogP contribution in [0.15, 0.2) is 58.0 Å². The number of halogens is 1. The fourth-order valence-electron chi connectivity index (χ4n) is 3.62. The minimum absolute atomic E-state index is 0.0669. The molecule has 1 fully saturated rings. The summed E-state index contributed by atoms with van der Waals surface area (Å²) in [5, 5.41) is 0. The quantitative estimate of drug-likeness (QED) is 0.653. The maximum absolute atomic E-state index is 13.3. The highest BCUT2D eigenvalue weighted by Crippen LogP contribution is 2.41. The van der Waals surface area contributed by atoms with Gasteiger partial charge in [-0.15, -0.1) is 0 Å². The first-order valence-corrected chi connectivity index (χ1v) is 11.7. The van der Waals surface area contributed by atoms with E-state index in [0.29, 0.717) is 24.3 Å². The van der Waals surface area contributed by atoms with E-state index in [4.69, 9.17) is 14.7 Å². The molecule has 1 saturated heterocycles. The highest BCUT2D eigenvalue weighted by atomic mass is 79.9. The molecule has 2 aliphatic rings. The summed E-state index contributed by atoms with van der Waals surface area (Å²) in [6.07, 6.45) is 0. The number of guanidine groups is 1. The summed E-state index contributed by atoms with van der Waals surface area (Å²) in [7, 11) is -2.47. The number of rotatable bonds is 5. The third-order valence-electron chi connectivity index (χ3n) is 5.22. The highest BCUT2D eigenvalue weighted by molar-refractivity contribution is 9.10. The standard InChI is InChI=1S/C20H21BrN4O5S/c1-24-18(26)20(23-19(24)22,14-4-2-6-16(21)12-14)15-5-3-7-17(13-15)30-31(27,28)25-8-10-29-11-9-25/h2-7,12-13H,8-11H2,1H3,(H2,22,23). The van der Waals surface area contributed by atoms with E-state index in [0.717, 1.165) is 4.47 Å². The van der Waals surface area contributed by atoms with Gasteiger partial charge in [-0.05, 0) is 35.4 Å². The number of nitrogens with zero attached hydrogens (tertiary/aromatic N) is 3. The van der Waals surface area contributed by atoms with Gasteiger partial charge >= 0.3 is 10.3 Å². The number of carbonyl (C=O) groups is 1. The minimum atomic E-state index is -4.01. The molecule has 1 unspecified atom stereocenters. The predicted molar refractivity (Wildman–Crippen MR) is 118 cm³/mol. The van der Waals surface area contributed by atoms with Crippen molar-refractivity contribution in [2.24, 2.45) is 10.7 Å². The number of morpholine rings is 1. The Morgan fingerprint density at radius 2 is 1.77 bits per heavy atom. The van der Waals surface area contributed by atoms with Crippen molar-refractivity contribution in [1.82, 2.24) is 9.21 Å². The second-order valence-electron chi connectivity index (χ2n) is 7.14. The number of amides is 1. The van der Waals surface area contributed by atoms with Gasteiger partial charge in [0.05, 0.1) is 13.2 Å². The molecule has 0 radical (unpaired) electrons. The smallest absolute Gasteiger partial charge is 0.379 e. The maximum Gasteiger partial charge on any atom is 0.385 e. The van der Waals surface area contributed by atoms with Crippen LogP contribution in [0.25, 0.3) is 0 Å². The summed E-state index contributed by atoms with van der Waals surface area (Å²) in [5.41, 5.74) is 5.57. The van der Waals surface area contributed by atoms with Gasteiger partial charge in [0.1, 0.15) is 5.75 Å². The first-order chi connectivity index (χ1) is 14.7. The van der Waals surface area contributed by atoms with Crippen LogP contribution in [0.4, 0.5) is 0 Å². The number of hydrogen-bond acceptors (Lipinski definition) is 7. The molecule has 0 spiro atoms. The van der Waals surface area contributed by atoms with Crippen LogP contribution < -0.4 is 9.92 Å². The molecule has 11 heteroatoms. The summed E-state index contributed by atoms with van der Waals surface area (Å²) < 4.78 is 37.9. The van der Waals surface area contributed by atoms with E-state index in [2.05, 4.69) is 20.9 Å². The highest BCUT2D eigenvalue weighted by Gasteiger charge is 2.49. The van der Waals surface area contributed by atoms with E-state index in [1.165, 1.54) is 21.3 Å². The Morgan fingerprint density at radius 3 is 2.39 bits per heavy atom. The second kappa shape index (κ2) is 8.23.